The van der Waals surface area contributed by atoms with Crippen LogP contribution >= 0.6 is 11.3 Å². The van der Waals surface area contributed by atoms with E-state index in [9.17, 15) is 14.7 Å². The molecule has 23 heavy (non-hydrogen) atoms. The molecule has 0 atom stereocenters. The number of anilines is 1. The lowest BCUT2D eigenvalue weighted by atomic mass is 10.1. The summed E-state index contributed by atoms with van der Waals surface area (Å²) in [6.07, 6.45) is 3.22. The highest BCUT2D eigenvalue weighted by atomic mass is 32.1. The fourth-order valence-electron chi connectivity index (χ4n) is 2.66. The Morgan fingerprint density at radius 1 is 1.35 bits per heavy atom. The normalized spacial score (nSPS) is 14.9. The summed E-state index contributed by atoms with van der Waals surface area (Å²) in [7, 11) is 1.71. The van der Waals surface area contributed by atoms with E-state index in [4.69, 9.17) is 4.42 Å². The third-order valence-corrected chi connectivity index (χ3v) is 5.10. The van der Waals surface area contributed by atoms with Gasteiger partial charge in [-0.2, -0.15) is 0 Å². The predicted octanol–water partition coefficient (Wildman–Crippen LogP) is 3.43. The van der Waals surface area contributed by atoms with Gasteiger partial charge in [-0.25, -0.2) is 9.59 Å². The maximum absolute atomic E-state index is 12.5. The van der Waals surface area contributed by atoms with Crippen LogP contribution in [0, 0.1) is 0 Å². The molecule has 1 fully saturated rings. The van der Waals surface area contributed by atoms with E-state index in [1.54, 1.807) is 18.0 Å². The molecule has 3 heterocycles. The zero-order valence-corrected chi connectivity index (χ0v) is 13.7. The quantitative estimate of drug-likeness (QED) is 0.854. The molecular weight excluding hydrogens is 316 g/mol. The molecule has 1 aliphatic rings. The van der Waals surface area contributed by atoms with E-state index in [2.05, 4.69) is 6.58 Å². The van der Waals surface area contributed by atoms with Crippen molar-refractivity contribution in [3.05, 3.63) is 34.7 Å². The van der Waals surface area contributed by atoms with Crippen LogP contribution in [-0.4, -0.2) is 36.2 Å². The van der Waals surface area contributed by atoms with Crippen molar-refractivity contribution < 1.29 is 14.3 Å². The van der Waals surface area contributed by atoms with Crippen molar-refractivity contribution in [3.63, 3.8) is 0 Å². The van der Waals surface area contributed by atoms with Crippen LogP contribution in [0.2, 0.25) is 0 Å². The number of amides is 2. The van der Waals surface area contributed by atoms with Crippen LogP contribution in [0.15, 0.2) is 27.9 Å². The maximum atomic E-state index is 12.5. The van der Waals surface area contributed by atoms with Gasteiger partial charge in [0.25, 0.3) is 0 Å². The lowest BCUT2D eigenvalue weighted by Gasteiger charge is -2.30. The van der Waals surface area contributed by atoms with E-state index in [-0.39, 0.29) is 17.4 Å². The summed E-state index contributed by atoms with van der Waals surface area (Å²) in [6, 6.07) is 3.16. The van der Waals surface area contributed by atoms with Crippen molar-refractivity contribution in [1.82, 2.24) is 4.90 Å². The van der Waals surface area contributed by atoms with Crippen LogP contribution in [0.5, 0.6) is 0 Å². The molecule has 0 aliphatic carbocycles. The average Bonchev–Trinajstić information content (AvgIpc) is 2.96. The summed E-state index contributed by atoms with van der Waals surface area (Å²) in [5.41, 5.74) is -0.200. The zero-order valence-electron chi connectivity index (χ0n) is 12.9. The van der Waals surface area contributed by atoms with E-state index in [0.29, 0.717) is 15.3 Å². The standard InChI is InChI=1S/C16H18N2O4S/c1-10(19)11-8-13-12(22-15(11)20)9-14(23-13)17(2)16(21)18-6-4-3-5-7-18/h8-9,19H,1,3-7H2,2H3. The minimum Gasteiger partial charge on any atom is -0.508 e. The van der Waals surface area contributed by atoms with Gasteiger partial charge in [0.1, 0.15) is 16.3 Å². The summed E-state index contributed by atoms with van der Waals surface area (Å²) >= 11 is 1.33. The Morgan fingerprint density at radius 2 is 2.04 bits per heavy atom. The first-order valence-corrected chi connectivity index (χ1v) is 8.27. The first kappa shape index (κ1) is 15.6. The topological polar surface area (TPSA) is 74.0 Å². The van der Waals surface area contributed by atoms with Crippen molar-refractivity contribution in [2.75, 3.05) is 25.0 Å². The van der Waals surface area contributed by atoms with Gasteiger partial charge in [0.2, 0.25) is 0 Å². The molecule has 3 rings (SSSR count). The van der Waals surface area contributed by atoms with Gasteiger partial charge >= 0.3 is 11.7 Å². The summed E-state index contributed by atoms with van der Waals surface area (Å²) < 4.78 is 5.88. The number of piperidine rings is 1. The molecule has 1 saturated heterocycles. The van der Waals surface area contributed by atoms with E-state index in [1.807, 2.05) is 4.90 Å². The lowest BCUT2D eigenvalue weighted by Crippen LogP contribution is -2.43. The Bertz CT molecular complexity index is 817. The Morgan fingerprint density at radius 3 is 2.70 bits per heavy atom. The molecule has 1 aliphatic heterocycles. The molecule has 0 aromatic carbocycles. The molecule has 0 radical (unpaired) electrons. The molecule has 2 aromatic rings. The first-order chi connectivity index (χ1) is 11.0. The molecule has 0 bridgehead atoms. The largest absolute Gasteiger partial charge is 0.508 e. The minimum absolute atomic E-state index is 0.0379. The number of hydrogen-bond acceptors (Lipinski definition) is 5. The number of hydrogen-bond donors (Lipinski definition) is 1. The van der Waals surface area contributed by atoms with E-state index < -0.39 is 5.63 Å². The minimum atomic E-state index is -0.639. The summed E-state index contributed by atoms with van der Waals surface area (Å²) in [5.74, 6) is -0.326. The molecule has 2 amide bonds. The van der Waals surface area contributed by atoms with E-state index in [0.717, 1.165) is 32.4 Å². The molecule has 1 N–H and O–H groups in total. The van der Waals surface area contributed by atoms with Crippen LogP contribution < -0.4 is 10.5 Å². The van der Waals surface area contributed by atoms with E-state index in [1.165, 1.54) is 17.4 Å². The summed E-state index contributed by atoms with van der Waals surface area (Å²) in [6.45, 7) is 4.90. The number of fused-ring (bicyclic) bond motifs is 1. The molecule has 0 spiro atoms. The molecule has 0 saturated carbocycles. The first-order valence-electron chi connectivity index (χ1n) is 7.46. The van der Waals surface area contributed by atoms with Gasteiger partial charge in [-0.05, 0) is 25.3 Å². The van der Waals surface area contributed by atoms with Crippen molar-refractivity contribution in [3.8, 4) is 0 Å². The van der Waals surface area contributed by atoms with Crippen LogP contribution in [0.3, 0.4) is 0 Å². The monoisotopic (exact) mass is 334 g/mol. The second kappa shape index (κ2) is 6.08. The van der Waals surface area contributed by atoms with Gasteiger partial charge in [-0.1, -0.05) is 6.58 Å². The Kier molecular flexibility index (Phi) is 4.12. The number of aliphatic hydroxyl groups excluding tert-OH is 1. The van der Waals surface area contributed by atoms with Gasteiger partial charge in [0.05, 0.1) is 4.70 Å². The molecule has 122 valence electrons. The highest BCUT2D eigenvalue weighted by Gasteiger charge is 2.23. The van der Waals surface area contributed by atoms with Crippen LogP contribution in [0.1, 0.15) is 24.8 Å². The number of aliphatic hydroxyl groups is 1. The molecule has 0 unspecified atom stereocenters. The van der Waals surface area contributed by atoms with Crippen molar-refractivity contribution in [1.29, 1.82) is 0 Å². The van der Waals surface area contributed by atoms with E-state index >= 15 is 0 Å². The molecule has 7 heteroatoms. The Hall–Kier alpha value is -2.28. The summed E-state index contributed by atoms with van der Waals surface area (Å²) in [4.78, 5) is 27.7. The number of rotatable bonds is 2. The fraction of sp³-hybridized carbons (Fsp3) is 0.375. The van der Waals surface area contributed by atoms with Crippen molar-refractivity contribution >= 4 is 38.4 Å². The van der Waals surface area contributed by atoms with Gasteiger partial charge in [0, 0.05) is 26.2 Å². The van der Waals surface area contributed by atoms with Crippen molar-refractivity contribution in [2.45, 2.75) is 19.3 Å². The zero-order chi connectivity index (χ0) is 16.6. The fourth-order valence-corrected chi connectivity index (χ4v) is 3.64. The number of thiophene rings is 1. The smallest absolute Gasteiger partial charge is 0.347 e. The van der Waals surface area contributed by atoms with Gasteiger partial charge in [-0.15, -0.1) is 11.3 Å². The number of nitrogens with zero attached hydrogens (tertiary/aromatic N) is 2. The second-order valence-electron chi connectivity index (χ2n) is 5.60. The van der Waals surface area contributed by atoms with Crippen LogP contribution in [0.4, 0.5) is 9.80 Å². The maximum Gasteiger partial charge on any atom is 0.347 e. The number of carbonyl (C=O) groups is 1. The molecule has 6 nitrogen and oxygen atoms in total. The average molecular weight is 334 g/mol. The highest BCUT2D eigenvalue weighted by molar-refractivity contribution is 7.22. The number of likely N-dealkylation sites (tertiary alicyclic amines) is 1. The van der Waals surface area contributed by atoms with Gasteiger partial charge in [0.15, 0.2) is 5.58 Å². The van der Waals surface area contributed by atoms with Gasteiger partial charge < -0.3 is 14.4 Å². The van der Waals surface area contributed by atoms with Gasteiger partial charge in [-0.3, -0.25) is 4.90 Å². The van der Waals surface area contributed by atoms with Crippen LogP contribution in [0.25, 0.3) is 16.0 Å². The van der Waals surface area contributed by atoms with Crippen LogP contribution in [-0.2, 0) is 0 Å². The lowest BCUT2D eigenvalue weighted by molar-refractivity contribution is 0.194. The molecular formula is C16H18N2O4S. The second-order valence-corrected chi connectivity index (χ2v) is 6.66. The highest BCUT2D eigenvalue weighted by Crippen LogP contribution is 2.33. The SMILES string of the molecule is C=C(O)c1cc2sc(N(C)C(=O)N3CCCCC3)cc2oc1=O. The number of urea groups is 1. The number of carbonyl (C=O) groups excluding carboxylic acids is 1. The third kappa shape index (κ3) is 2.96. The Labute approximate surface area is 137 Å². The third-order valence-electron chi connectivity index (χ3n) is 3.96. The summed E-state index contributed by atoms with van der Waals surface area (Å²) in [5, 5.41) is 10.1. The Balaban J connectivity index is 1.91. The van der Waals surface area contributed by atoms with Crippen molar-refractivity contribution in [2.24, 2.45) is 0 Å². The predicted molar refractivity (Wildman–Crippen MR) is 91.2 cm³/mol. The molecule has 2 aromatic heterocycles.